The molecule has 160 valence electrons. The zero-order valence-electron chi connectivity index (χ0n) is 17.2. The van der Waals surface area contributed by atoms with Gasteiger partial charge in [0.25, 0.3) is 11.5 Å². The third-order valence-electron chi connectivity index (χ3n) is 6.99. The highest BCUT2D eigenvalue weighted by Crippen LogP contribution is 2.37. The molecule has 3 aliphatic rings. The number of piperidine rings is 1. The van der Waals surface area contributed by atoms with Crippen LogP contribution >= 0.6 is 0 Å². The van der Waals surface area contributed by atoms with Crippen LogP contribution in [0.15, 0.2) is 23.3 Å². The SMILES string of the molecule is O=C(NCCn1cnnn1)c1ccc2n(c1=O)C[C@H]1C[C@@H]2CN(C2CCCCC2)C1. The van der Waals surface area contributed by atoms with Crippen molar-refractivity contribution in [1.82, 2.24) is 35.0 Å². The first-order valence-electron chi connectivity index (χ1n) is 11.2. The number of nitrogens with zero attached hydrogens (tertiary/aromatic N) is 6. The number of hydrogen-bond donors (Lipinski definition) is 1. The molecule has 1 saturated heterocycles. The molecule has 9 nitrogen and oxygen atoms in total. The van der Waals surface area contributed by atoms with Crippen LogP contribution in [0.25, 0.3) is 0 Å². The Balaban J connectivity index is 1.29. The van der Waals surface area contributed by atoms with Crippen LogP contribution in [0.4, 0.5) is 0 Å². The number of tetrazole rings is 1. The van der Waals surface area contributed by atoms with Crippen molar-refractivity contribution in [2.24, 2.45) is 5.92 Å². The molecule has 2 aliphatic heterocycles. The molecule has 0 aromatic carbocycles. The molecule has 0 unspecified atom stereocenters. The Bertz CT molecular complexity index is 949. The number of hydrogen-bond acceptors (Lipinski definition) is 6. The summed E-state index contributed by atoms with van der Waals surface area (Å²) in [6.07, 6.45) is 9.34. The number of aromatic nitrogens is 5. The average Bonchev–Trinajstić information content (AvgIpc) is 3.28. The van der Waals surface area contributed by atoms with Crippen LogP contribution in [0.2, 0.25) is 0 Å². The molecule has 4 heterocycles. The van der Waals surface area contributed by atoms with Gasteiger partial charge in [0.2, 0.25) is 0 Å². The topological polar surface area (TPSA) is 97.9 Å². The number of rotatable bonds is 5. The molecular weight excluding hydrogens is 382 g/mol. The maximum atomic E-state index is 13.1. The Morgan fingerprint density at radius 2 is 2.00 bits per heavy atom. The highest BCUT2D eigenvalue weighted by Gasteiger charge is 2.37. The molecule has 0 spiro atoms. The summed E-state index contributed by atoms with van der Waals surface area (Å²) in [6.45, 7) is 3.67. The number of likely N-dealkylation sites (tertiary alicyclic amines) is 1. The van der Waals surface area contributed by atoms with E-state index in [-0.39, 0.29) is 17.0 Å². The van der Waals surface area contributed by atoms with Crippen LogP contribution in [0.3, 0.4) is 0 Å². The second-order valence-electron chi connectivity index (χ2n) is 8.96. The average molecular weight is 412 g/mol. The first-order chi connectivity index (χ1) is 14.7. The van der Waals surface area contributed by atoms with Gasteiger partial charge in [0.15, 0.2) is 0 Å². The summed E-state index contributed by atoms with van der Waals surface area (Å²) in [5, 5.41) is 13.7. The second kappa shape index (κ2) is 8.29. The molecule has 1 saturated carbocycles. The van der Waals surface area contributed by atoms with E-state index < -0.39 is 0 Å². The molecule has 5 rings (SSSR count). The number of carbonyl (C=O) groups excluding carboxylic acids is 1. The summed E-state index contributed by atoms with van der Waals surface area (Å²) in [6, 6.07) is 4.43. The van der Waals surface area contributed by atoms with E-state index >= 15 is 0 Å². The van der Waals surface area contributed by atoms with Crippen molar-refractivity contribution in [2.75, 3.05) is 19.6 Å². The maximum Gasteiger partial charge on any atom is 0.263 e. The van der Waals surface area contributed by atoms with Crippen molar-refractivity contribution >= 4 is 5.91 Å². The zero-order valence-corrected chi connectivity index (χ0v) is 17.2. The first kappa shape index (κ1) is 19.4. The van der Waals surface area contributed by atoms with Gasteiger partial charge in [-0.3, -0.25) is 14.5 Å². The predicted molar refractivity (Wildman–Crippen MR) is 110 cm³/mol. The Hall–Kier alpha value is -2.55. The van der Waals surface area contributed by atoms with Crippen molar-refractivity contribution in [2.45, 2.75) is 63.6 Å². The fourth-order valence-electron chi connectivity index (χ4n) is 5.56. The lowest BCUT2D eigenvalue weighted by Gasteiger charge is -2.46. The van der Waals surface area contributed by atoms with Gasteiger partial charge in [0.05, 0.1) is 6.54 Å². The molecule has 1 N–H and O–H groups in total. The summed E-state index contributed by atoms with van der Waals surface area (Å²) in [4.78, 5) is 28.4. The van der Waals surface area contributed by atoms with E-state index in [4.69, 9.17) is 0 Å². The van der Waals surface area contributed by atoms with Gasteiger partial charge in [0.1, 0.15) is 11.9 Å². The number of carbonyl (C=O) groups is 1. The molecule has 9 heteroatoms. The Morgan fingerprint density at radius 1 is 1.13 bits per heavy atom. The largest absolute Gasteiger partial charge is 0.350 e. The predicted octanol–water partition coefficient (Wildman–Crippen LogP) is 1.02. The fraction of sp³-hybridized carbons (Fsp3) is 0.667. The molecule has 2 aromatic rings. The van der Waals surface area contributed by atoms with Crippen molar-refractivity contribution in [3.63, 3.8) is 0 Å². The quantitative estimate of drug-likeness (QED) is 0.789. The van der Waals surface area contributed by atoms with Gasteiger partial charge in [-0.25, -0.2) is 4.68 Å². The van der Waals surface area contributed by atoms with Gasteiger partial charge in [-0.2, -0.15) is 0 Å². The molecule has 2 fully saturated rings. The van der Waals surface area contributed by atoms with E-state index in [1.165, 1.54) is 38.4 Å². The van der Waals surface area contributed by atoms with Crippen LogP contribution in [-0.4, -0.2) is 61.3 Å². The van der Waals surface area contributed by atoms with Crippen LogP contribution in [0, 0.1) is 5.92 Å². The van der Waals surface area contributed by atoms with Crippen LogP contribution in [0.5, 0.6) is 0 Å². The summed E-state index contributed by atoms with van der Waals surface area (Å²) < 4.78 is 3.41. The minimum absolute atomic E-state index is 0.159. The highest BCUT2D eigenvalue weighted by atomic mass is 16.2. The molecule has 1 amide bonds. The number of nitrogens with one attached hydrogen (secondary N) is 1. The lowest BCUT2D eigenvalue weighted by atomic mass is 9.81. The van der Waals surface area contributed by atoms with E-state index in [0.29, 0.717) is 31.0 Å². The highest BCUT2D eigenvalue weighted by molar-refractivity contribution is 5.93. The molecular formula is C21H29N7O2. The molecule has 2 bridgehead atoms. The summed E-state index contributed by atoms with van der Waals surface area (Å²) in [7, 11) is 0. The molecule has 2 aromatic heterocycles. The Morgan fingerprint density at radius 3 is 2.80 bits per heavy atom. The van der Waals surface area contributed by atoms with Gasteiger partial charge in [-0.1, -0.05) is 19.3 Å². The monoisotopic (exact) mass is 411 g/mol. The van der Waals surface area contributed by atoms with Crippen LogP contribution < -0.4 is 10.9 Å². The molecule has 0 radical (unpaired) electrons. The number of amides is 1. The minimum Gasteiger partial charge on any atom is -0.350 e. The summed E-state index contributed by atoms with van der Waals surface area (Å²) >= 11 is 0. The fourth-order valence-corrected chi connectivity index (χ4v) is 5.56. The third kappa shape index (κ3) is 3.78. The molecule has 30 heavy (non-hydrogen) atoms. The van der Waals surface area contributed by atoms with Gasteiger partial charge < -0.3 is 9.88 Å². The van der Waals surface area contributed by atoms with Crippen LogP contribution in [0.1, 0.15) is 60.5 Å². The van der Waals surface area contributed by atoms with Crippen LogP contribution in [-0.2, 0) is 13.1 Å². The van der Waals surface area contributed by atoms with Crippen molar-refractivity contribution in [1.29, 1.82) is 0 Å². The van der Waals surface area contributed by atoms with E-state index in [9.17, 15) is 9.59 Å². The van der Waals surface area contributed by atoms with Gasteiger partial charge in [-0.15, -0.1) is 5.10 Å². The standard InChI is InChI=1S/C21H29N7O2/c29-20(22-8-9-27-14-23-24-25-27)18-6-7-19-16-10-15(12-28(19)21(18)30)11-26(13-16)17-4-2-1-3-5-17/h6-7,14-17H,1-5,8-13H2,(H,22,29)/t15-,16+/m0/s1. The van der Waals surface area contributed by atoms with E-state index in [2.05, 4.69) is 25.7 Å². The smallest absolute Gasteiger partial charge is 0.263 e. The van der Waals surface area contributed by atoms with Crippen molar-refractivity contribution < 1.29 is 4.79 Å². The molecule has 2 atom stereocenters. The lowest BCUT2D eigenvalue weighted by molar-refractivity contribution is 0.0646. The zero-order chi connectivity index (χ0) is 20.5. The number of pyridine rings is 1. The summed E-state index contributed by atoms with van der Waals surface area (Å²) in [5.41, 5.74) is 1.16. The Kier molecular flexibility index (Phi) is 5.37. The normalized spacial score (nSPS) is 24.4. The maximum absolute atomic E-state index is 13.1. The van der Waals surface area contributed by atoms with E-state index in [0.717, 1.165) is 31.7 Å². The number of fused-ring (bicyclic) bond motifs is 4. The van der Waals surface area contributed by atoms with E-state index in [1.54, 1.807) is 10.7 Å². The minimum atomic E-state index is -0.331. The Labute approximate surface area is 175 Å². The van der Waals surface area contributed by atoms with E-state index in [1.807, 2.05) is 10.6 Å². The van der Waals surface area contributed by atoms with Gasteiger partial charge >= 0.3 is 0 Å². The first-order valence-corrected chi connectivity index (χ1v) is 11.2. The van der Waals surface area contributed by atoms with Crippen molar-refractivity contribution in [3.05, 3.63) is 40.1 Å². The van der Waals surface area contributed by atoms with Crippen molar-refractivity contribution in [3.8, 4) is 0 Å². The third-order valence-corrected chi connectivity index (χ3v) is 6.99. The lowest BCUT2D eigenvalue weighted by Crippen LogP contribution is -2.51. The molecule has 1 aliphatic carbocycles. The summed E-state index contributed by atoms with van der Waals surface area (Å²) in [5.74, 6) is 0.556. The second-order valence-corrected chi connectivity index (χ2v) is 8.96. The van der Waals surface area contributed by atoms with Gasteiger partial charge in [0, 0.05) is 43.8 Å². The van der Waals surface area contributed by atoms with Gasteiger partial charge in [-0.05, 0) is 47.7 Å².